The summed E-state index contributed by atoms with van der Waals surface area (Å²) < 4.78 is 11.0. The fraction of sp³-hybridized carbons (Fsp3) is 0.789. The van der Waals surface area contributed by atoms with Gasteiger partial charge in [-0.3, -0.25) is 4.90 Å². The molecular weight excluding hydrogens is 288 g/mol. The van der Waals surface area contributed by atoms with Crippen LogP contribution >= 0.6 is 0 Å². The van der Waals surface area contributed by atoms with E-state index in [9.17, 15) is 0 Å². The molecule has 0 bridgehead atoms. The van der Waals surface area contributed by atoms with Crippen molar-refractivity contribution in [3.8, 4) is 0 Å². The maximum Gasteiger partial charge on any atom is 0.0594 e. The van der Waals surface area contributed by atoms with Crippen LogP contribution in [-0.2, 0) is 9.47 Å². The first-order valence-electron chi connectivity index (χ1n) is 8.89. The molecule has 0 aliphatic carbocycles. The molecule has 4 heteroatoms. The predicted molar refractivity (Wildman–Crippen MR) is 97.4 cm³/mol. The molecule has 2 unspecified atom stereocenters. The summed E-state index contributed by atoms with van der Waals surface area (Å²) in [6.45, 7) is 19.8. The van der Waals surface area contributed by atoms with Crippen molar-refractivity contribution in [2.45, 2.75) is 53.2 Å². The Kier molecular flexibility index (Phi) is 8.88. The Balaban J connectivity index is 2.96. The highest BCUT2D eigenvalue weighted by atomic mass is 16.5. The molecule has 1 aliphatic rings. The summed E-state index contributed by atoms with van der Waals surface area (Å²) in [5.74, 6) is 0.439. The van der Waals surface area contributed by atoms with Gasteiger partial charge in [0.25, 0.3) is 0 Å². The highest BCUT2D eigenvalue weighted by molar-refractivity contribution is 5.19. The van der Waals surface area contributed by atoms with E-state index in [0.29, 0.717) is 12.0 Å². The average molecular weight is 325 g/mol. The molecule has 1 saturated heterocycles. The fourth-order valence-electron chi connectivity index (χ4n) is 3.12. The van der Waals surface area contributed by atoms with Gasteiger partial charge in [-0.25, -0.2) is 0 Å². The molecule has 0 radical (unpaired) electrons. The summed E-state index contributed by atoms with van der Waals surface area (Å²) in [6, 6.07) is 0.377. The van der Waals surface area contributed by atoms with Gasteiger partial charge in [-0.2, -0.15) is 0 Å². The summed E-state index contributed by atoms with van der Waals surface area (Å²) >= 11 is 0. The monoisotopic (exact) mass is 324 g/mol. The molecule has 1 heterocycles. The van der Waals surface area contributed by atoms with Crippen LogP contribution in [0.25, 0.3) is 0 Å². The fourth-order valence-corrected chi connectivity index (χ4v) is 3.12. The van der Waals surface area contributed by atoms with Crippen molar-refractivity contribution in [3.05, 3.63) is 24.0 Å². The Bertz CT molecular complexity index is 389. The van der Waals surface area contributed by atoms with Crippen LogP contribution in [0.5, 0.6) is 0 Å². The first kappa shape index (κ1) is 20.2. The molecule has 23 heavy (non-hydrogen) atoms. The van der Waals surface area contributed by atoms with E-state index in [4.69, 9.17) is 9.47 Å². The summed E-state index contributed by atoms with van der Waals surface area (Å²) in [5, 5.41) is 0. The summed E-state index contributed by atoms with van der Waals surface area (Å²) in [4.78, 5) is 4.85. The smallest absolute Gasteiger partial charge is 0.0594 e. The molecule has 0 spiro atoms. The molecule has 0 N–H and O–H groups in total. The van der Waals surface area contributed by atoms with E-state index in [1.807, 2.05) is 6.20 Å². The van der Waals surface area contributed by atoms with Crippen LogP contribution in [-0.4, -0.2) is 61.9 Å². The van der Waals surface area contributed by atoms with Crippen LogP contribution in [0.15, 0.2) is 24.0 Å². The van der Waals surface area contributed by atoms with E-state index in [1.165, 1.54) is 11.3 Å². The molecular formula is C19H36N2O2. The van der Waals surface area contributed by atoms with Crippen LogP contribution in [0.1, 0.15) is 41.0 Å². The van der Waals surface area contributed by atoms with Crippen molar-refractivity contribution in [1.82, 2.24) is 9.80 Å². The Morgan fingerprint density at radius 1 is 1.30 bits per heavy atom. The molecule has 0 saturated carbocycles. The number of morpholine rings is 1. The third-order valence-corrected chi connectivity index (χ3v) is 5.14. The van der Waals surface area contributed by atoms with Crippen molar-refractivity contribution in [1.29, 1.82) is 0 Å². The van der Waals surface area contributed by atoms with Gasteiger partial charge in [0.05, 0.1) is 19.3 Å². The lowest BCUT2D eigenvalue weighted by Gasteiger charge is -2.39. The second-order valence-corrected chi connectivity index (χ2v) is 6.60. The van der Waals surface area contributed by atoms with Gasteiger partial charge in [-0.1, -0.05) is 26.0 Å². The van der Waals surface area contributed by atoms with E-state index in [2.05, 4.69) is 51.0 Å². The lowest BCUT2D eigenvalue weighted by molar-refractivity contribution is 0.0208. The first-order chi connectivity index (χ1) is 11.0. The van der Waals surface area contributed by atoms with E-state index >= 15 is 0 Å². The zero-order valence-electron chi connectivity index (χ0n) is 16.0. The summed E-state index contributed by atoms with van der Waals surface area (Å²) in [6.07, 6.45) is 3.27. The summed E-state index contributed by atoms with van der Waals surface area (Å²) in [5.41, 5.74) is 2.82. The highest BCUT2D eigenvalue weighted by Gasteiger charge is 2.26. The average Bonchev–Trinajstić information content (AvgIpc) is 2.60. The lowest BCUT2D eigenvalue weighted by atomic mass is 10.0. The summed E-state index contributed by atoms with van der Waals surface area (Å²) in [7, 11) is 1.78. The molecule has 0 aromatic heterocycles. The van der Waals surface area contributed by atoms with Crippen LogP contribution in [0.2, 0.25) is 0 Å². The number of rotatable bonds is 9. The standard InChI is InChI=1S/C19H36N2O2/c1-8-15(3)19(17(5)21-10-12-23-13-11-21)20(9-2)14-16(4)18(6)22-7/h9,16-18H,2,8,10-14H2,1,3-7H3/b19-15-/t16?,17?,18-/m1/s1. The predicted octanol–water partition coefficient (Wildman–Crippen LogP) is 3.51. The lowest BCUT2D eigenvalue weighted by Crippen LogP contribution is -2.46. The van der Waals surface area contributed by atoms with Crippen LogP contribution in [0, 0.1) is 5.92 Å². The van der Waals surface area contributed by atoms with Gasteiger partial charge in [0.2, 0.25) is 0 Å². The van der Waals surface area contributed by atoms with Crippen molar-refractivity contribution >= 4 is 0 Å². The highest BCUT2D eigenvalue weighted by Crippen LogP contribution is 2.24. The van der Waals surface area contributed by atoms with Crippen LogP contribution < -0.4 is 0 Å². The number of allylic oxidation sites excluding steroid dienone is 1. The second-order valence-electron chi connectivity index (χ2n) is 6.60. The van der Waals surface area contributed by atoms with Gasteiger partial charge in [-0.05, 0) is 39.3 Å². The zero-order valence-corrected chi connectivity index (χ0v) is 16.0. The molecule has 0 amide bonds. The maximum absolute atomic E-state index is 5.51. The number of hydrogen-bond donors (Lipinski definition) is 0. The zero-order chi connectivity index (χ0) is 17.4. The van der Waals surface area contributed by atoms with E-state index < -0.39 is 0 Å². The largest absolute Gasteiger partial charge is 0.381 e. The van der Waals surface area contributed by atoms with Crippen LogP contribution in [0.4, 0.5) is 0 Å². The van der Waals surface area contributed by atoms with Gasteiger partial charge in [0.1, 0.15) is 0 Å². The molecule has 134 valence electrons. The van der Waals surface area contributed by atoms with Gasteiger partial charge in [-0.15, -0.1) is 0 Å². The van der Waals surface area contributed by atoms with Gasteiger partial charge < -0.3 is 14.4 Å². The van der Waals surface area contributed by atoms with Crippen molar-refractivity contribution < 1.29 is 9.47 Å². The molecule has 0 aromatic rings. The minimum atomic E-state index is 0.235. The first-order valence-corrected chi connectivity index (χ1v) is 8.89. The Morgan fingerprint density at radius 3 is 2.39 bits per heavy atom. The minimum absolute atomic E-state index is 0.235. The Morgan fingerprint density at radius 2 is 1.91 bits per heavy atom. The molecule has 0 aromatic carbocycles. The maximum atomic E-state index is 5.51. The number of nitrogens with zero attached hydrogens (tertiary/aromatic N) is 2. The second kappa shape index (κ2) is 10.1. The number of hydrogen-bond acceptors (Lipinski definition) is 4. The molecule has 1 rings (SSSR count). The minimum Gasteiger partial charge on any atom is -0.381 e. The SMILES string of the molecule is C=CN(CC(C)[C@@H](C)OC)/C(=C(/C)CC)C(C)N1CCOCC1. The topological polar surface area (TPSA) is 24.9 Å². The van der Waals surface area contributed by atoms with Crippen molar-refractivity contribution in [3.63, 3.8) is 0 Å². The Labute approximate surface area is 143 Å². The van der Waals surface area contributed by atoms with E-state index in [0.717, 1.165) is 39.3 Å². The van der Waals surface area contributed by atoms with Gasteiger partial charge in [0, 0.05) is 38.5 Å². The van der Waals surface area contributed by atoms with Gasteiger partial charge in [0.15, 0.2) is 0 Å². The molecule has 3 atom stereocenters. The van der Waals surface area contributed by atoms with Crippen LogP contribution in [0.3, 0.4) is 0 Å². The van der Waals surface area contributed by atoms with Crippen molar-refractivity contribution in [2.75, 3.05) is 40.0 Å². The quantitative estimate of drug-likeness (QED) is 0.648. The number of ether oxygens (including phenoxy) is 2. The van der Waals surface area contributed by atoms with Crippen molar-refractivity contribution in [2.24, 2.45) is 5.92 Å². The van der Waals surface area contributed by atoms with E-state index in [-0.39, 0.29) is 6.10 Å². The molecule has 1 aliphatic heterocycles. The third-order valence-electron chi connectivity index (χ3n) is 5.14. The normalized spacial score (nSPS) is 21.3. The third kappa shape index (κ3) is 5.63. The van der Waals surface area contributed by atoms with E-state index in [1.54, 1.807) is 7.11 Å². The molecule has 1 fully saturated rings. The molecule has 4 nitrogen and oxygen atoms in total. The number of methoxy groups -OCH3 is 1. The Hall–Kier alpha value is -0.840. The van der Waals surface area contributed by atoms with Gasteiger partial charge >= 0.3 is 0 Å².